The van der Waals surface area contributed by atoms with Crippen molar-refractivity contribution >= 4 is 0 Å². The Morgan fingerprint density at radius 2 is 2.00 bits per heavy atom. The first kappa shape index (κ1) is 12.3. The fourth-order valence-electron chi connectivity index (χ4n) is 2.64. The number of hydrogen-bond acceptors (Lipinski definition) is 3. The van der Waals surface area contributed by atoms with E-state index in [1.807, 2.05) is 0 Å². The van der Waals surface area contributed by atoms with Gasteiger partial charge < -0.3 is 9.47 Å². The molecule has 94 valence electrons. The first-order chi connectivity index (χ1) is 7.84. The Morgan fingerprint density at radius 1 is 1.19 bits per heavy atom. The molecule has 3 heteroatoms. The second kappa shape index (κ2) is 6.58. The Bertz CT molecular complexity index is 192. The van der Waals surface area contributed by atoms with Crippen molar-refractivity contribution in [1.29, 1.82) is 0 Å². The van der Waals surface area contributed by atoms with Gasteiger partial charge in [0.15, 0.2) is 0 Å². The third-order valence-corrected chi connectivity index (χ3v) is 3.73. The number of rotatable bonds is 4. The van der Waals surface area contributed by atoms with E-state index in [-0.39, 0.29) is 0 Å². The summed E-state index contributed by atoms with van der Waals surface area (Å²) in [6.45, 7) is 8.59. The van der Waals surface area contributed by atoms with E-state index in [2.05, 4.69) is 11.8 Å². The van der Waals surface area contributed by atoms with E-state index in [0.29, 0.717) is 6.10 Å². The minimum atomic E-state index is 0.532. The highest BCUT2D eigenvalue weighted by Crippen LogP contribution is 2.22. The predicted octanol–water partition coefficient (Wildman–Crippen LogP) is 1.91. The van der Waals surface area contributed by atoms with Crippen LogP contribution in [-0.2, 0) is 9.47 Å². The highest BCUT2D eigenvalue weighted by molar-refractivity contribution is 4.70. The average molecular weight is 227 g/mol. The van der Waals surface area contributed by atoms with Gasteiger partial charge in [-0.1, -0.05) is 6.92 Å². The minimum Gasteiger partial charge on any atom is -0.379 e. The second-order valence-corrected chi connectivity index (χ2v) is 5.22. The molecule has 0 saturated carbocycles. The molecule has 0 radical (unpaired) electrons. The largest absolute Gasteiger partial charge is 0.379 e. The standard InChI is InChI=1S/C13H25NO2/c1-12-4-8-16-13(11-12)3-2-5-14-6-9-15-10-7-14/h12-13H,2-11H2,1H3. The molecular weight excluding hydrogens is 202 g/mol. The molecule has 2 atom stereocenters. The SMILES string of the molecule is CC1CCOC(CCCN2CCOCC2)C1. The lowest BCUT2D eigenvalue weighted by molar-refractivity contribution is -0.0139. The number of ether oxygens (including phenoxy) is 2. The quantitative estimate of drug-likeness (QED) is 0.732. The van der Waals surface area contributed by atoms with E-state index in [1.54, 1.807) is 0 Å². The lowest BCUT2D eigenvalue weighted by atomic mass is 9.95. The first-order valence-electron chi connectivity index (χ1n) is 6.76. The molecule has 0 aromatic carbocycles. The molecular formula is C13H25NO2. The van der Waals surface area contributed by atoms with Crippen molar-refractivity contribution in [3.8, 4) is 0 Å². The molecule has 0 aromatic rings. The summed E-state index contributed by atoms with van der Waals surface area (Å²) in [6, 6.07) is 0. The van der Waals surface area contributed by atoms with E-state index < -0.39 is 0 Å². The Balaban J connectivity index is 1.56. The molecule has 2 heterocycles. The zero-order valence-electron chi connectivity index (χ0n) is 10.5. The molecule has 0 aliphatic carbocycles. The van der Waals surface area contributed by atoms with Crippen molar-refractivity contribution in [3.63, 3.8) is 0 Å². The molecule has 0 bridgehead atoms. The van der Waals surface area contributed by atoms with Crippen LogP contribution < -0.4 is 0 Å². The van der Waals surface area contributed by atoms with Gasteiger partial charge >= 0.3 is 0 Å². The van der Waals surface area contributed by atoms with Crippen LogP contribution in [0.1, 0.15) is 32.6 Å². The van der Waals surface area contributed by atoms with E-state index >= 15 is 0 Å². The fraction of sp³-hybridized carbons (Fsp3) is 1.00. The summed E-state index contributed by atoms with van der Waals surface area (Å²) in [5.41, 5.74) is 0. The monoisotopic (exact) mass is 227 g/mol. The van der Waals surface area contributed by atoms with Gasteiger partial charge in [-0.05, 0) is 38.1 Å². The molecule has 2 saturated heterocycles. The summed E-state index contributed by atoms with van der Waals surface area (Å²) < 4.78 is 11.1. The third-order valence-electron chi connectivity index (χ3n) is 3.73. The second-order valence-electron chi connectivity index (χ2n) is 5.22. The molecule has 0 amide bonds. The molecule has 3 nitrogen and oxygen atoms in total. The molecule has 0 spiro atoms. The van der Waals surface area contributed by atoms with Crippen molar-refractivity contribution < 1.29 is 9.47 Å². The van der Waals surface area contributed by atoms with E-state index in [0.717, 1.165) is 38.8 Å². The molecule has 2 rings (SSSR count). The van der Waals surface area contributed by atoms with Crippen LogP contribution in [-0.4, -0.2) is 50.5 Å². The summed E-state index contributed by atoms with van der Waals surface area (Å²) >= 11 is 0. The van der Waals surface area contributed by atoms with Crippen LogP contribution >= 0.6 is 0 Å². The van der Waals surface area contributed by atoms with Crippen molar-refractivity contribution in [2.75, 3.05) is 39.5 Å². The Hall–Kier alpha value is -0.120. The number of nitrogens with zero attached hydrogens (tertiary/aromatic N) is 1. The minimum absolute atomic E-state index is 0.532. The summed E-state index contributed by atoms with van der Waals surface area (Å²) in [5, 5.41) is 0. The van der Waals surface area contributed by atoms with Crippen molar-refractivity contribution in [3.05, 3.63) is 0 Å². The molecule has 2 aliphatic rings. The van der Waals surface area contributed by atoms with Gasteiger partial charge in [0.2, 0.25) is 0 Å². The Labute approximate surface area is 99.1 Å². The maximum absolute atomic E-state index is 5.79. The maximum atomic E-state index is 5.79. The van der Waals surface area contributed by atoms with Crippen LogP contribution in [0.25, 0.3) is 0 Å². The van der Waals surface area contributed by atoms with Gasteiger partial charge in [-0.25, -0.2) is 0 Å². The Morgan fingerprint density at radius 3 is 2.75 bits per heavy atom. The highest BCUT2D eigenvalue weighted by Gasteiger charge is 2.19. The van der Waals surface area contributed by atoms with Crippen molar-refractivity contribution in [2.24, 2.45) is 5.92 Å². The number of hydrogen-bond donors (Lipinski definition) is 0. The summed E-state index contributed by atoms with van der Waals surface area (Å²) in [6.07, 6.45) is 5.56. The average Bonchev–Trinajstić information content (AvgIpc) is 2.30. The van der Waals surface area contributed by atoms with E-state index in [9.17, 15) is 0 Å². The van der Waals surface area contributed by atoms with Gasteiger partial charge in [-0.15, -0.1) is 0 Å². The predicted molar refractivity (Wildman–Crippen MR) is 64.6 cm³/mol. The summed E-state index contributed by atoms with van der Waals surface area (Å²) in [4.78, 5) is 2.51. The molecule has 16 heavy (non-hydrogen) atoms. The topological polar surface area (TPSA) is 21.7 Å². The number of morpholine rings is 1. The van der Waals surface area contributed by atoms with Gasteiger partial charge in [-0.3, -0.25) is 4.90 Å². The zero-order chi connectivity index (χ0) is 11.2. The van der Waals surface area contributed by atoms with Crippen LogP contribution in [0.5, 0.6) is 0 Å². The normalized spacial score (nSPS) is 32.8. The van der Waals surface area contributed by atoms with Gasteiger partial charge in [-0.2, -0.15) is 0 Å². The van der Waals surface area contributed by atoms with Crippen LogP contribution in [0.4, 0.5) is 0 Å². The van der Waals surface area contributed by atoms with Crippen LogP contribution in [0.3, 0.4) is 0 Å². The highest BCUT2D eigenvalue weighted by atomic mass is 16.5. The maximum Gasteiger partial charge on any atom is 0.0594 e. The van der Waals surface area contributed by atoms with Gasteiger partial charge in [0.05, 0.1) is 19.3 Å². The first-order valence-corrected chi connectivity index (χ1v) is 6.76. The fourth-order valence-corrected chi connectivity index (χ4v) is 2.64. The molecule has 2 aliphatic heterocycles. The van der Waals surface area contributed by atoms with Gasteiger partial charge in [0, 0.05) is 19.7 Å². The molecule has 0 aromatic heterocycles. The smallest absolute Gasteiger partial charge is 0.0594 e. The molecule has 0 N–H and O–H groups in total. The summed E-state index contributed by atoms with van der Waals surface area (Å²) in [5.74, 6) is 0.863. The third kappa shape index (κ3) is 4.04. The van der Waals surface area contributed by atoms with Crippen LogP contribution in [0.15, 0.2) is 0 Å². The van der Waals surface area contributed by atoms with Crippen LogP contribution in [0, 0.1) is 5.92 Å². The molecule has 2 unspecified atom stereocenters. The molecule has 2 fully saturated rings. The van der Waals surface area contributed by atoms with Crippen molar-refractivity contribution in [1.82, 2.24) is 4.90 Å². The van der Waals surface area contributed by atoms with E-state index in [4.69, 9.17) is 9.47 Å². The summed E-state index contributed by atoms with van der Waals surface area (Å²) in [7, 11) is 0. The van der Waals surface area contributed by atoms with Crippen LogP contribution in [0.2, 0.25) is 0 Å². The lowest BCUT2D eigenvalue weighted by Gasteiger charge is -2.29. The van der Waals surface area contributed by atoms with Gasteiger partial charge in [0.25, 0.3) is 0 Å². The van der Waals surface area contributed by atoms with Gasteiger partial charge in [0.1, 0.15) is 0 Å². The van der Waals surface area contributed by atoms with Crippen molar-refractivity contribution in [2.45, 2.75) is 38.7 Å². The zero-order valence-corrected chi connectivity index (χ0v) is 10.5. The Kier molecular flexibility index (Phi) is 5.07. The lowest BCUT2D eigenvalue weighted by Crippen LogP contribution is -2.37. The van der Waals surface area contributed by atoms with E-state index in [1.165, 1.54) is 32.2 Å².